The van der Waals surface area contributed by atoms with Crippen molar-refractivity contribution < 1.29 is 18.7 Å². The van der Waals surface area contributed by atoms with E-state index in [1.807, 2.05) is 18.2 Å². The van der Waals surface area contributed by atoms with Crippen LogP contribution >= 0.6 is 11.6 Å². The number of alkyl halides is 1. The maximum Gasteiger partial charge on any atom is 0.247 e. The zero-order chi connectivity index (χ0) is 22.2. The average molecular weight is 447 g/mol. The highest BCUT2D eigenvalue weighted by molar-refractivity contribution is 6.27. The standard InChI is InChI=1S/C24H28ClFN2O3/c1-31-21-14-8-5-9-17(21)16-28(22(29)15-25)23(19-12-6-7-13-20(19)26)24(30)27-18-10-3-2-4-11-18/h5-9,12-14,18,23H,2-4,10-11,15-16H2,1H3,(H,27,30)/t23-/m0/s1. The molecule has 0 heterocycles. The fourth-order valence-electron chi connectivity index (χ4n) is 4.09. The van der Waals surface area contributed by atoms with Crippen molar-refractivity contribution in [2.45, 2.75) is 50.7 Å². The number of hydrogen-bond acceptors (Lipinski definition) is 3. The maximum atomic E-state index is 14.8. The first kappa shape index (κ1) is 23.1. The van der Waals surface area contributed by atoms with Crippen molar-refractivity contribution in [2.75, 3.05) is 13.0 Å². The first-order valence-electron chi connectivity index (χ1n) is 10.6. The molecule has 0 aliphatic heterocycles. The predicted octanol–water partition coefficient (Wildman–Crippen LogP) is 4.59. The summed E-state index contributed by atoms with van der Waals surface area (Å²) in [6.45, 7) is 0.0622. The third kappa shape index (κ3) is 5.76. The molecule has 2 amide bonds. The number of ether oxygens (including phenoxy) is 1. The van der Waals surface area contributed by atoms with E-state index in [1.165, 1.54) is 24.1 Å². The molecule has 31 heavy (non-hydrogen) atoms. The van der Waals surface area contributed by atoms with Crippen molar-refractivity contribution in [1.29, 1.82) is 0 Å². The van der Waals surface area contributed by atoms with Crippen molar-refractivity contribution >= 4 is 23.4 Å². The number of benzene rings is 2. The Kier molecular flexibility index (Phi) is 8.29. The van der Waals surface area contributed by atoms with Crippen LogP contribution in [0.4, 0.5) is 4.39 Å². The van der Waals surface area contributed by atoms with Gasteiger partial charge in [0.15, 0.2) is 0 Å². The van der Waals surface area contributed by atoms with E-state index in [9.17, 15) is 14.0 Å². The Balaban J connectivity index is 1.99. The number of rotatable bonds is 8. The number of halogens is 2. The molecule has 1 aliphatic rings. The van der Waals surface area contributed by atoms with Crippen LogP contribution in [0.1, 0.15) is 49.3 Å². The lowest BCUT2D eigenvalue weighted by atomic mass is 9.94. The van der Waals surface area contributed by atoms with E-state index in [0.717, 1.165) is 32.1 Å². The summed E-state index contributed by atoms with van der Waals surface area (Å²) in [7, 11) is 1.54. The molecule has 3 rings (SSSR count). The van der Waals surface area contributed by atoms with Gasteiger partial charge >= 0.3 is 0 Å². The second-order valence-corrected chi connectivity index (χ2v) is 8.00. The number of methoxy groups -OCH3 is 1. The number of carbonyl (C=O) groups excluding carboxylic acids is 2. The van der Waals surface area contributed by atoms with Crippen LogP contribution in [0.15, 0.2) is 48.5 Å². The van der Waals surface area contributed by atoms with Gasteiger partial charge in [-0.3, -0.25) is 9.59 Å². The maximum absolute atomic E-state index is 14.8. The van der Waals surface area contributed by atoms with Crippen molar-refractivity contribution in [3.8, 4) is 5.75 Å². The Morgan fingerprint density at radius 1 is 1.13 bits per heavy atom. The van der Waals surface area contributed by atoms with Gasteiger partial charge in [-0.25, -0.2) is 4.39 Å². The van der Waals surface area contributed by atoms with Crippen LogP contribution in [0.5, 0.6) is 5.75 Å². The average Bonchev–Trinajstić information content (AvgIpc) is 2.80. The van der Waals surface area contributed by atoms with Gasteiger partial charge in [0.1, 0.15) is 23.5 Å². The summed E-state index contributed by atoms with van der Waals surface area (Å²) in [5.41, 5.74) is 0.847. The topological polar surface area (TPSA) is 58.6 Å². The van der Waals surface area contributed by atoms with Gasteiger partial charge < -0.3 is 15.0 Å². The molecule has 1 aliphatic carbocycles. The second kappa shape index (κ2) is 11.1. The fraction of sp³-hybridized carbons (Fsp3) is 0.417. The van der Waals surface area contributed by atoms with E-state index in [0.29, 0.717) is 11.3 Å². The molecule has 2 aromatic carbocycles. The Bertz CT molecular complexity index is 902. The Morgan fingerprint density at radius 2 is 1.81 bits per heavy atom. The minimum atomic E-state index is -1.14. The Morgan fingerprint density at radius 3 is 2.48 bits per heavy atom. The smallest absolute Gasteiger partial charge is 0.247 e. The molecule has 0 spiro atoms. The summed E-state index contributed by atoms with van der Waals surface area (Å²) >= 11 is 5.91. The van der Waals surface area contributed by atoms with Gasteiger partial charge in [0.05, 0.1) is 13.7 Å². The number of hydrogen-bond donors (Lipinski definition) is 1. The lowest BCUT2D eigenvalue weighted by Gasteiger charge is -2.33. The van der Waals surface area contributed by atoms with Crippen LogP contribution < -0.4 is 10.1 Å². The van der Waals surface area contributed by atoms with Crippen molar-refractivity contribution in [3.05, 3.63) is 65.5 Å². The summed E-state index contributed by atoms with van der Waals surface area (Å²) in [6.07, 6.45) is 4.99. The van der Waals surface area contributed by atoms with Crippen LogP contribution in [0.2, 0.25) is 0 Å². The number of nitrogens with zero attached hydrogens (tertiary/aromatic N) is 1. The molecule has 0 aromatic heterocycles. The number of amides is 2. The van der Waals surface area contributed by atoms with Crippen molar-refractivity contribution in [3.63, 3.8) is 0 Å². The summed E-state index contributed by atoms with van der Waals surface area (Å²) in [6, 6.07) is 12.2. The van der Waals surface area contributed by atoms with Gasteiger partial charge in [-0.05, 0) is 25.0 Å². The number of para-hydroxylation sites is 1. The first-order valence-corrected chi connectivity index (χ1v) is 11.1. The molecule has 0 saturated heterocycles. The van der Waals surface area contributed by atoms with E-state index >= 15 is 0 Å². The van der Waals surface area contributed by atoms with E-state index in [-0.39, 0.29) is 24.0 Å². The Labute approximate surface area is 187 Å². The third-order valence-electron chi connectivity index (χ3n) is 5.68. The molecular weight excluding hydrogens is 419 g/mol. The highest BCUT2D eigenvalue weighted by atomic mass is 35.5. The fourth-order valence-corrected chi connectivity index (χ4v) is 4.25. The summed E-state index contributed by atoms with van der Waals surface area (Å²) in [4.78, 5) is 27.6. The monoisotopic (exact) mass is 446 g/mol. The van der Waals surface area contributed by atoms with E-state index in [1.54, 1.807) is 18.2 Å². The molecule has 1 N–H and O–H groups in total. The van der Waals surface area contributed by atoms with E-state index in [2.05, 4.69) is 5.32 Å². The SMILES string of the molecule is COc1ccccc1CN(C(=O)CCl)[C@H](C(=O)NC1CCCCC1)c1ccccc1F. The van der Waals surface area contributed by atoms with Crippen molar-refractivity contribution in [2.24, 2.45) is 0 Å². The molecule has 1 atom stereocenters. The highest BCUT2D eigenvalue weighted by Gasteiger charge is 2.34. The number of carbonyl (C=O) groups is 2. The van der Waals surface area contributed by atoms with E-state index in [4.69, 9.17) is 16.3 Å². The lowest BCUT2D eigenvalue weighted by Crippen LogP contribution is -2.47. The minimum Gasteiger partial charge on any atom is -0.496 e. The molecule has 0 radical (unpaired) electrons. The van der Waals surface area contributed by atoms with Gasteiger partial charge in [0.2, 0.25) is 11.8 Å². The molecule has 166 valence electrons. The normalized spacial score (nSPS) is 15.2. The molecule has 1 fully saturated rings. The van der Waals surface area contributed by atoms with Gasteiger partial charge in [0, 0.05) is 17.2 Å². The van der Waals surface area contributed by atoms with Crippen LogP contribution in [-0.4, -0.2) is 35.7 Å². The van der Waals surface area contributed by atoms with Gasteiger partial charge in [-0.15, -0.1) is 11.6 Å². The van der Waals surface area contributed by atoms with Crippen molar-refractivity contribution in [1.82, 2.24) is 10.2 Å². The van der Waals surface area contributed by atoms with Gasteiger partial charge in [-0.1, -0.05) is 55.7 Å². The number of nitrogens with one attached hydrogen (secondary N) is 1. The van der Waals surface area contributed by atoms with E-state index < -0.39 is 23.7 Å². The minimum absolute atomic E-state index is 0.0229. The summed E-state index contributed by atoms with van der Waals surface area (Å²) in [5, 5.41) is 3.04. The van der Waals surface area contributed by atoms with Crippen LogP contribution in [0.25, 0.3) is 0 Å². The zero-order valence-corrected chi connectivity index (χ0v) is 18.4. The predicted molar refractivity (Wildman–Crippen MR) is 118 cm³/mol. The molecule has 7 heteroatoms. The second-order valence-electron chi connectivity index (χ2n) is 7.73. The first-order chi connectivity index (χ1) is 15.0. The Hall–Kier alpha value is -2.60. The quantitative estimate of drug-likeness (QED) is 0.603. The third-order valence-corrected chi connectivity index (χ3v) is 5.91. The molecule has 0 unspecified atom stereocenters. The summed E-state index contributed by atoms with van der Waals surface area (Å²) in [5.74, 6) is -1.14. The zero-order valence-electron chi connectivity index (χ0n) is 17.7. The van der Waals surface area contributed by atoms with Crippen LogP contribution in [-0.2, 0) is 16.1 Å². The molecular formula is C24H28ClFN2O3. The summed E-state index contributed by atoms with van der Waals surface area (Å²) < 4.78 is 20.2. The molecule has 1 saturated carbocycles. The molecule has 2 aromatic rings. The molecule has 5 nitrogen and oxygen atoms in total. The lowest BCUT2D eigenvalue weighted by molar-refractivity contribution is -0.140. The highest BCUT2D eigenvalue weighted by Crippen LogP contribution is 2.29. The van der Waals surface area contributed by atoms with Crippen LogP contribution in [0.3, 0.4) is 0 Å². The largest absolute Gasteiger partial charge is 0.496 e. The van der Waals surface area contributed by atoms with Crippen LogP contribution in [0, 0.1) is 5.82 Å². The van der Waals surface area contributed by atoms with Gasteiger partial charge in [0.25, 0.3) is 0 Å². The van der Waals surface area contributed by atoms with Gasteiger partial charge in [-0.2, -0.15) is 0 Å². The molecule has 0 bridgehead atoms.